The number of carbonyl (C=O) groups excluding carboxylic acids is 2. The molecule has 1 amide bonds. The lowest BCUT2D eigenvalue weighted by atomic mass is 9.92. The second-order valence-electron chi connectivity index (χ2n) is 4.80. The molecule has 2 aromatic rings. The van der Waals surface area contributed by atoms with Gasteiger partial charge in [0.05, 0.1) is 0 Å². The lowest BCUT2D eigenvalue weighted by Crippen LogP contribution is -2.23. The van der Waals surface area contributed by atoms with Crippen LogP contribution in [0.5, 0.6) is 0 Å². The van der Waals surface area contributed by atoms with E-state index < -0.39 is 23.5 Å². The van der Waals surface area contributed by atoms with E-state index >= 15 is 0 Å². The highest BCUT2D eigenvalue weighted by Gasteiger charge is 2.30. The number of rotatable bonds is 5. The van der Waals surface area contributed by atoms with E-state index in [1.807, 2.05) is 0 Å². The molecule has 6 nitrogen and oxygen atoms in total. The first-order chi connectivity index (χ1) is 10.9. The van der Waals surface area contributed by atoms with E-state index in [9.17, 15) is 23.9 Å². The zero-order valence-electron chi connectivity index (χ0n) is 12.1. The quantitative estimate of drug-likeness (QED) is 0.651. The van der Waals surface area contributed by atoms with Gasteiger partial charge in [0.25, 0.3) is 0 Å². The van der Waals surface area contributed by atoms with Gasteiger partial charge < -0.3 is 10.4 Å². The van der Waals surface area contributed by atoms with Gasteiger partial charge in [-0.15, -0.1) is 0 Å². The highest BCUT2D eigenvalue weighted by Crippen LogP contribution is 2.22. The Hall–Kier alpha value is -3.09. The van der Waals surface area contributed by atoms with Gasteiger partial charge in [0.15, 0.2) is 5.78 Å². The lowest BCUT2D eigenvalue weighted by Gasteiger charge is -2.12. The fourth-order valence-corrected chi connectivity index (χ4v) is 2.06. The Morgan fingerprint density at radius 3 is 2.39 bits per heavy atom. The molecule has 1 atom stereocenters. The molecule has 2 N–H and O–H groups in total. The molecule has 2 rings (SSSR count). The number of hydrogen-bond acceptors (Lipinski definition) is 4. The zero-order chi connectivity index (χ0) is 17.0. The van der Waals surface area contributed by atoms with Crippen LogP contribution in [0.4, 0.5) is 10.1 Å². The molecule has 0 fully saturated rings. The minimum atomic E-state index is -1.50. The largest absolute Gasteiger partial charge is 0.480 e. The summed E-state index contributed by atoms with van der Waals surface area (Å²) in [5.41, 5.74) is 0.378. The molecule has 1 aromatic carbocycles. The topological polar surface area (TPSA) is 96.4 Å². The summed E-state index contributed by atoms with van der Waals surface area (Å²) in [6.07, 6.45) is 1.29. The van der Waals surface area contributed by atoms with Crippen LogP contribution in [-0.2, 0) is 9.59 Å². The molecule has 0 saturated carbocycles. The number of carbonyl (C=O) groups is 3. The number of benzene rings is 1. The van der Waals surface area contributed by atoms with E-state index in [1.54, 1.807) is 0 Å². The first kappa shape index (κ1) is 16.3. The molecule has 0 aliphatic carbocycles. The maximum Gasteiger partial charge on any atom is 0.319 e. The Morgan fingerprint density at radius 2 is 1.83 bits per heavy atom. The van der Waals surface area contributed by atoms with Crippen molar-refractivity contribution in [2.45, 2.75) is 12.8 Å². The van der Waals surface area contributed by atoms with Crippen molar-refractivity contribution in [3.8, 4) is 0 Å². The number of carboxylic acid groups (broad SMARTS) is 1. The summed E-state index contributed by atoms with van der Waals surface area (Å²) in [5, 5.41) is 11.8. The molecule has 0 bridgehead atoms. The van der Waals surface area contributed by atoms with E-state index in [1.165, 1.54) is 37.4 Å². The Labute approximate surface area is 131 Å². The number of amides is 1. The number of aliphatic carboxylic acids is 1. The third kappa shape index (κ3) is 3.97. The van der Waals surface area contributed by atoms with Gasteiger partial charge in [-0.05, 0) is 29.8 Å². The van der Waals surface area contributed by atoms with E-state index in [0.29, 0.717) is 5.69 Å². The maximum atomic E-state index is 13.0. The van der Waals surface area contributed by atoms with Crippen LogP contribution >= 0.6 is 0 Å². The third-order valence-corrected chi connectivity index (χ3v) is 3.05. The average Bonchev–Trinajstić information content (AvgIpc) is 2.48. The summed E-state index contributed by atoms with van der Waals surface area (Å²) in [5.74, 6) is -4.49. The maximum absolute atomic E-state index is 13.0. The Balaban J connectivity index is 2.37. The van der Waals surface area contributed by atoms with Crippen molar-refractivity contribution in [3.05, 3.63) is 59.7 Å². The molecule has 7 heteroatoms. The lowest BCUT2D eigenvalue weighted by molar-refractivity contribution is -0.137. The molecule has 0 radical (unpaired) electrons. The van der Waals surface area contributed by atoms with Crippen LogP contribution in [0.2, 0.25) is 0 Å². The first-order valence-corrected chi connectivity index (χ1v) is 6.64. The standard InChI is InChI=1S/C16H13FN2O4/c1-9(20)19-12-6-7-18-13(8-12)15(21)14(16(22)23)10-2-4-11(17)5-3-10/h2-8,14H,1H3,(H,22,23)(H,18,19,20). The fourth-order valence-electron chi connectivity index (χ4n) is 2.06. The fraction of sp³-hybridized carbons (Fsp3) is 0.125. The second kappa shape index (κ2) is 6.78. The number of carboxylic acids is 1. The molecule has 118 valence electrons. The second-order valence-corrected chi connectivity index (χ2v) is 4.80. The van der Waals surface area contributed by atoms with Crippen molar-refractivity contribution in [2.24, 2.45) is 0 Å². The van der Waals surface area contributed by atoms with Crippen molar-refractivity contribution < 1.29 is 23.9 Å². The van der Waals surface area contributed by atoms with Gasteiger partial charge in [-0.25, -0.2) is 4.39 Å². The molecule has 0 saturated heterocycles. The summed E-state index contributed by atoms with van der Waals surface area (Å²) in [7, 11) is 0. The molecule has 1 aromatic heterocycles. The van der Waals surface area contributed by atoms with E-state index in [2.05, 4.69) is 10.3 Å². The molecule has 1 heterocycles. The van der Waals surface area contributed by atoms with E-state index in [-0.39, 0.29) is 17.2 Å². The van der Waals surface area contributed by atoms with Crippen LogP contribution in [0.25, 0.3) is 0 Å². The summed E-state index contributed by atoms with van der Waals surface area (Å²) < 4.78 is 13.0. The molecular formula is C16H13FN2O4. The first-order valence-electron chi connectivity index (χ1n) is 6.64. The number of hydrogen-bond donors (Lipinski definition) is 2. The Morgan fingerprint density at radius 1 is 1.17 bits per heavy atom. The van der Waals surface area contributed by atoms with Crippen LogP contribution in [0.1, 0.15) is 28.9 Å². The van der Waals surface area contributed by atoms with Crippen LogP contribution in [-0.4, -0.2) is 27.8 Å². The summed E-state index contributed by atoms with van der Waals surface area (Å²) >= 11 is 0. The number of anilines is 1. The Kier molecular flexibility index (Phi) is 4.80. The Bertz CT molecular complexity index is 759. The van der Waals surface area contributed by atoms with Gasteiger partial charge in [0, 0.05) is 18.8 Å². The highest BCUT2D eigenvalue weighted by molar-refractivity contribution is 6.12. The third-order valence-electron chi connectivity index (χ3n) is 3.05. The minimum Gasteiger partial charge on any atom is -0.480 e. The minimum absolute atomic E-state index is 0.104. The van der Waals surface area contributed by atoms with Crippen LogP contribution < -0.4 is 5.32 Å². The predicted octanol–water partition coefficient (Wildman–Crippen LogP) is 2.23. The van der Waals surface area contributed by atoms with Crippen LogP contribution in [0.3, 0.4) is 0 Å². The number of nitrogens with one attached hydrogen (secondary N) is 1. The monoisotopic (exact) mass is 316 g/mol. The van der Waals surface area contributed by atoms with Gasteiger partial charge in [0.2, 0.25) is 5.91 Å². The van der Waals surface area contributed by atoms with Gasteiger partial charge in [-0.3, -0.25) is 19.4 Å². The van der Waals surface area contributed by atoms with E-state index in [4.69, 9.17) is 0 Å². The smallest absolute Gasteiger partial charge is 0.319 e. The van der Waals surface area contributed by atoms with Crippen molar-refractivity contribution >= 4 is 23.3 Å². The molecule has 0 aliphatic rings. The molecule has 0 aliphatic heterocycles. The number of ketones is 1. The van der Waals surface area contributed by atoms with E-state index in [0.717, 1.165) is 12.1 Å². The number of nitrogens with zero attached hydrogens (tertiary/aromatic N) is 1. The number of pyridine rings is 1. The van der Waals surface area contributed by atoms with Gasteiger partial charge in [-0.2, -0.15) is 0 Å². The van der Waals surface area contributed by atoms with Gasteiger partial charge in [0.1, 0.15) is 17.4 Å². The predicted molar refractivity (Wildman–Crippen MR) is 79.6 cm³/mol. The SMILES string of the molecule is CC(=O)Nc1ccnc(C(=O)C(C(=O)O)c2ccc(F)cc2)c1. The number of aromatic nitrogens is 1. The molecular weight excluding hydrogens is 303 g/mol. The van der Waals surface area contributed by atoms with Crippen molar-refractivity contribution in [1.82, 2.24) is 4.98 Å². The molecule has 0 spiro atoms. The zero-order valence-corrected chi connectivity index (χ0v) is 12.1. The van der Waals surface area contributed by atoms with Crippen LogP contribution in [0, 0.1) is 5.82 Å². The highest BCUT2D eigenvalue weighted by atomic mass is 19.1. The number of halogens is 1. The molecule has 23 heavy (non-hydrogen) atoms. The summed E-state index contributed by atoms with van der Waals surface area (Å²) in [6, 6.07) is 7.42. The average molecular weight is 316 g/mol. The van der Waals surface area contributed by atoms with Crippen molar-refractivity contribution in [1.29, 1.82) is 0 Å². The van der Waals surface area contributed by atoms with Gasteiger partial charge in [-0.1, -0.05) is 12.1 Å². The summed E-state index contributed by atoms with van der Waals surface area (Å²) in [6.45, 7) is 1.31. The normalized spacial score (nSPS) is 11.6. The van der Waals surface area contributed by atoms with Gasteiger partial charge >= 0.3 is 5.97 Å². The summed E-state index contributed by atoms with van der Waals surface area (Å²) in [4.78, 5) is 38.8. The van der Waals surface area contributed by atoms with Crippen molar-refractivity contribution in [2.75, 3.05) is 5.32 Å². The molecule has 1 unspecified atom stereocenters. The van der Waals surface area contributed by atoms with Crippen molar-refractivity contribution in [3.63, 3.8) is 0 Å². The number of Topliss-reactive ketones (excluding diaryl/α,β-unsaturated/α-hetero) is 1. The van der Waals surface area contributed by atoms with Crippen LogP contribution in [0.15, 0.2) is 42.6 Å².